The molecular formula is C20H27O3P. The fourth-order valence-corrected chi connectivity index (χ4v) is 4.41. The fraction of sp³-hybridized carbons (Fsp3) is 0.400. The maximum Gasteiger partial charge on any atom is 0.408 e. The molecular weight excluding hydrogens is 319 g/mol. The van der Waals surface area contributed by atoms with Gasteiger partial charge >= 0.3 is 7.60 Å². The summed E-state index contributed by atoms with van der Waals surface area (Å²) in [5, 5.41) is 0.399. The van der Waals surface area contributed by atoms with Crippen LogP contribution in [0.25, 0.3) is 0 Å². The molecule has 24 heavy (non-hydrogen) atoms. The average Bonchev–Trinajstić information content (AvgIpc) is 2.57. The van der Waals surface area contributed by atoms with Crippen molar-refractivity contribution in [2.24, 2.45) is 0 Å². The summed E-state index contributed by atoms with van der Waals surface area (Å²) in [7, 11) is -3.91. The van der Waals surface area contributed by atoms with E-state index in [1.54, 1.807) is 12.1 Å². The lowest BCUT2D eigenvalue weighted by molar-refractivity contribution is 0.391. The van der Waals surface area contributed by atoms with Crippen LogP contribution in [0.1, 0.15) is 50.3 Å². The molecule has 0 bridgehead atoms. The Kier molecular flexibility index (Phi) is 6.65. The van der Waals surface area contributed by atoms with Crippen molar-refractivity contribution in [3.63, 3.8) is 0 Å². The van der Waals surface area contributed by atoms with Gasteiger partial charge in [0.05, 0.1) is 5.30 Å². The van der Waals surface area contributed by atoms with E-state index in [1.165, 1.54) is 5.56 Å². The highest BCUT2D eigenvalue weighted by Crippen LogP contribution is 2.44. The maximum absolute atomic E-state index is 12.9. The molecule has 4 heteroatoms. The van der Waals surface area contributed by atoms with Gasteiger partial charge in [0, 0.05) is 0 Å². The van der Waals surface area contributed by atoms with E-state index < -0.39 is 7.60 Å². The Hall–Kier alpha value is -1.57. The Morgan fingerprint density at radius 3 is 2.25 bits per heavy atom. The fourth-order valence-electron chi connectivity index (χ4n) is 3.00. The molecule has 1 atom stereocenters. The van der Waals surface area contributed by atoms with Gasteiger partial charge in [-0.2, -0.15) is 0 Å². The third-order valence-electron chi connectivity index (χ3n) is 4.15. The monoisotopic (exact) mass is 346 g/mol. The van der Waals surface area contributed by atoms with Crippen molar-refractivity contribution in [2.45, 2.75) is 52.9 Å². The van der Waals surface area contributed by atoms with Gasteiger partial charge in [0.2, 0.25) is 0 Å². The summed E-state index contributed by atoms with van der Waals surface area (Å²) in [5.41, 5.74) is 3.12. The molecule has 0 aliphatic rings. The largest absolute Gasteiger partial charge is 0.421 e. The lowest BCUT2D eigenvalue weighted by Gasteiger charge is -2.20. The summed E-state index contributed by atoms with van der Waals surface area (Å²) < 4.78 is 18.6. The number of benzene rings is 2. The third-order valence-corrected chi connectivity index (χ3v) is 5.64. The SMILES string of the molecule is CCCc1cccc(OP(=O)(O)c2ccccc2CC)c1CCC. The van der Waals surface area contributed by atoms with E-state index in [0.29, 0.717) is 17.5 Å². The zero-order valence-corrected chi connectivity index (χ0v) is 15.7. The third kappa shape index (κ3) is 4.28. The molecule has 1 N–H and O–H groups in total. The van der Waals surface area contributed by atoms with Crippen molar-refractivity contribution in [1.29, 1.82) is 0 Å². The summed E-state index contributed by atoms with van der Waals surface area (Å²) in [5.74, 6) is 0.541. The first-order valence-corrected chi connectivity index (χ1v) is 10.3. The second-order valence-electron chi connectivity index (χ2n) is 5.99. The van der Waals surface area contributed by atoms with Gasteiger partial charge in [-0.25, -0.2) is 4.57 Å². The second-order valence-corrected chi connectivity index (χ2v) is 7.69. The molecule has 1 unspecified atom stereocenters. The van der Waals surface area contributed by atoms with Crippen molar-refractivity contribution >= 4 is 12.9 Å². The van der Waals surface area contributed by atoms with Crippen LogP contribution in [0.15, 0.2) is 42.5 Å². The van der Waals surface area contributed by atoms with E-state index in [0.717, 1.165) is 36.8 Å². The summed E-state index contributed by atoms with van der Waals surface area (Å²) in [6, 6.07) is 13.0. The number of aryl methyl sites for hydroxylation is 2. The molecule has 0 saturated carbocycles. The Morgan fingerprint density at radius 1 is 0.917 bits per heavy atom. The molecule has 0 saturated heterocycles. The highest BCUT2D eigenvalue weighted by Gasteiger charge is 2.28. The van der Waals surface area contributed by atoms with Gasteiger partial charge in [-0.05, 0) is 48.1 Å². The predicted molar refractivity (Wildman–Crippen MR) is 100 cm³/mol. The Morgan fingerprint density at radius 2 is 1.58 bits per heavy atom. The Bertz CT molecular complexity index is 725. The Labute approximate surface area is 145 Å². The van der Waals surface area contributed by atoms with E-state index in [2.05, 4.69) is 19.9 Å². The van der Waals surface area contributed by atoms with E-state index >= 15 is 0 Å². The summed E-state index contributed by atoms with van der Waals surface area (Å²) in [6.45, 7) is 6.22. The first-order chi connectivity index (χ1) is 11.5. The van der Waals surface area contributed by atoms with Gasteiger partial charge in [0.15, 0.2) is 0 Å². The molecule has 3 nitrogen and oxygen atoms in total. The summed E-state index contributed by atoms with van der Waals surface area (Å²) in [4.78, 5) is 10.6. The minimum Gasteiger partial charge on any atom is -0.421 e. The molecule has 0 aliphatic carbocycles. The van der Waals surface area contributed by atoms with Crippen LogP contribution >= 0.6 is 7.60 Å². The van der Waals surface area contributed by atoms with Crippen molar-refractivity contribution in [3.8, 4) is 5.75 Å². The van der Waals surface area contributed by atoms with E-state index in [4.69, 9.17) is 4.52 Å². The molecule has 0 fully saturated rings. The molecule has 130 valence electrons. The number of rotatable bonds is 8. The van der Waals surface area contributed by atoms with Crippen LogP contribution in [0.5, 0.6) is 5.75 Å². The first kappa shape index (κ1) is 18.8. The number of hydrogen-bond donors (Lipinski definition) is 1. The second kappa shape index (κ2) is 8.50. The van der Waals surface area contributed by atoms with Crippen LogP contribution in [0.2, 0.25) is 0 Å². The molecule has 2 rings (SSSR count). The van der Waals surface area contributed by atoms with E-state index in [1.807, 2.05) is 31.2 Å². The van der Waals surface area contributed by atoms with Crippen LogP contribution in [-0.2, 0) is 23.8 Å². The topological polar surface area (TPSA) is 46.5 Å². The van der Waals surface area contributed by atoms with Crippen molar-refractivity contribution in [3.05, 3.63) is 59.2 Å². The van der Waals surface area contributed by atoms with Gasteiger partial charge in [0.1, 0.15) is 5.75 Å². The molecule has 0 heterocycles. The predicted octanol–water partition coefficient (Wildman–Crippen LogP) is 5.04. The van der Waals surface area contributed by atoms with Crippen LogP contribution in [0.3, 0.4) is 0 Å². The molecule has 0 radical (unpaired) electrons. The standard InChI is InChI=1S/C20H27O3P/c1-4-10-17-13-9-14-19(18(17)11-5-2)23-24(21,22)20-15-8-7-12-16(20)6-3/h7-9,12-15H,4-6,10-11H2,1-3H3,(H,21,22). The van der Waals surface area contributed by atoms with Gasteiger partial charge in [-0.15, -0.1) is 0 Å². The van der Waals surface area contributed by atoms with Crippen molar-refractivity contribution in [2.75, 3.05) is 0 Å². The first-order valence-electron chi connectivity index (χ1n) is 8.75. The maximum atomic E-state index is 12.9. The van der Waals surface area contributed by atoms with Gasteiger partial charge in [-0.3, -0.25) is 0 Å². The molecule has 0 aliphatic heterocycles. The Balaban J connectivity index is 2.42. The van der Waals surface area contributed by atoms with E-state index in [9.17, 15) is 9.46 Å². The van der Waals surface area contributed by atoms with Crippen molar-refractivity contribution < 1.29 is 14.0 Å². The van der Waals surface area contributed by atoms with Crippen LogP contribution in [-0.4, -0.2) is 4.89 Å². The van der Waals surface area contributed by atoms with Gasteiger partial charge in [-0.1, -0.05) is 63.9 Å². The minimum atomic E-state index is -3.91. The van der Waals surface area contributed by atoms with Crippen molar-refractivity contribution in [1.82, 2.24) is 0 Å². The molecule has 0 aromatic heterocycles. The number of hydrogen-bond acceptors (Lipinski definition) is 2. The van der Waals surface area contributed by atoms with Crippen LogP contribution in [0.4, 0.5) is 0 Å². The molecule has 0 amide bonds. The average molecular weight is 346 g/mol. The highest BCUT2D eigenvalue weighted by atomic mass is 31.2. The smallest absolute Gasteiger partial charge is 0.408 e. The summed E-state index contributed by atoms with van der Waals surface area (Å²) in [6.07, 6.45) is 4.50. The van der Waals surface area contributed by atoms with E-state index in [-0.39, 0.29) is 0 Å². The lowest BCUT2D eigenvalue weighted by Crippen LogP contribution is -2.15. The van der Waals surface area contributed by atoms with Crippen LogP contribution in [0, 0.1) is 0 Å². The molecule has 2 aromatic carbocycles. The van der Waals surface area contributed by atoms with Gasteiger partial charge in [0.25, 0.3) is 0 Å². The quantitative estimate of drug-likeness (QED) is 0.681. The zero-order valence-electron chi connectivity index (χ0n) is 14.8. The van der Waals surface area contributed by atoms with Crippen LogP contribution < -0.4 is 9.83 Å². The zero-order chi connectivity index (χ0) is 17.6. The minimum absolute atomic E-state index is 0.399. The lowest BCUT2D eigenvalue weighted by atomic mass is 9.99. The molecule has 0 spiro atoms. The normalized spacial score (nSPS) is 13.5. The summed E-state index contributed by atoms with van der Waals surface area (Å²) >= 11 is 0. The molecule has 2 aromatic rings. The highest BCUT2D eigenvalue weighted by molar-refractivity contribution is 7.61. The van der Waals surface area contributed by atoms with Gasteiger partial charge < -0.3 is 9.42 Å².